The van der Waals surface area contributed by atoms with Crippen LogP contribution in [-0.4, -0.2) is 5.91 Å². The number of nitrogens with one attached hydrogen (secondary N) is 1. The Morgan fingerprint density at radius 1 is 1.28 bits per heavy atom. The summed E-state index contributed by atoms with van der Waals surface area (Å²) in [5.41, 5.74) is -1.21. The first-order chi connectivity index (χ1) is 13.5. The molecule has 2 atom stereocenters. The van der Waals surface area contributed by atoms with E-state index in [0.29, 0.717) is 11.6 Å². The van der Waals surface area contributed by atoms with Gasteiger partial charge in [-0.3, -0.25) is 4.79 Å². The number of benzene rings is 1. The first-order valence-electron chi connectivity index (χ1n) is 10.9. The Kier molecular flexibility index (Phi) is 8.01. The number of amides is 1. The van der Waals surface area contributed by atoms with Crippen LogP contribution in [0.5, 0.6) is 0 Å². The molecule has 0 spiro atoms. The lowest BCUT2D eigenvalue weighted by Crippen LogP contribution is -2.40. The highest BCUT2D eigenvalue weighted by Crippen LogP contribution is 2.46. The molecule has 0 radical (unpaired) electrons. The summed E-state index contributed by atoms with van der Waals surface area (Å²) in [5, 5.41) is 3.05. The van der Waals surface area contributed by atoms with E-state index in [0.717, 1.165) is 56.1 Å². The normalized spacial score (nSPS) is 16.6. The summed E-state index contributed by atoms with van der Waals surface area (Å²) in [4.78, 5) is 13.3. The molecular formula is C24H36F2NOP. The smallest absolute Gasteiger partial charge is 0.283 e. The summed E-state index contributed by atoms with van der Waals surface area (Å²) in [6.45, 7) is 12.6. The van der Waals surface area contributed by atoms with Gasteiger partial charge in [0.15, 0.2) is 0 Å². The van der Waals surface area contributed by atoms with Crippen LogP contribution in [0.1, 0.15) is 95.2 Å². The van der Waals surface area contributed by atoms with Crippen molar-refractivity contribution in [2.75, 3.05) is 0 Å². The van der Waals surface area contributed by atoms with Gasteiger partial charge in [0.1, 0.15) is 0 Å². The zero-order valence-electron chi connectivity index (χ0n) is 18.3. The second-order valence-corrected chi connectivity index (χ2v) is 9.67. The van der Waals surface area contributed by atoms with Crippen LogP contribution in [0.25, 0.3) is 5.70 Å². The van der Waals surface area contributed by atoms with Crippen molar-refractivity contribution >= 4 is 20.8 Å². The van der Waals surface area contributed by atoms with E-state index in [-0.39, 0.29) is 17.4 Å². The Labute approximate surface area is 177 Å². The minimum Gasteiger partial charge on any atom is -0.326 e. The molecule has 1 fully saturated rings. The molecule has 1 amide bonds. The Bertz CT molecular complexity index is 737. The molecule has 0 saturated heterocycles. The topological polar surface area (TPSA) is 29.1 Å². The molecule has 0 heterocycles. The Morgan fingerprint density at radius 3 is 2.41 bits per heavy atom. The first kappa shape index (κ1) is 24.0. The van der Waals surface area contributed by atoms with E-state index in [9.17, 15) is 13.6 Å². The molecule has 1 aliphatic rings. The van der Waals surface area contributed by atoms with Crippen LogP contribution >= 0.6 is 9.24 Å². The largest absolute Gasteiger partial charge is 0.326 e. The van der Waals surface area contributed by atoms with Gasteiger partial charge in [-0.15, -0.1) is 0 Å². The number of rotatable bonds is 11. The number of hydrogen-bond donors (Lipinski definition) is 1. The standard InChI is InChI=1S/C24H36F2NOP/c1-6-13-23(7-2,14-12-16(3)4)22(28)27-17(5)20-11-10-19(24(25,26)29)15-21(20)18-8-9-18/h10-11,15-16,18H,5-9,12-14,29H2,1-4H3,(H,27,28). The molecule has 1 aliphatic carbocycles. The fraction of sp³-hybridized carbons (Fsp3) is 0.625. The summed E-state index contributed by atoms with van der Waals surface area (Å²) in [6, 6.07) is 4.70. The summed E-state index contributed by atoms with van der Waals surface area (Å²) >= 11 is 0. The zero-order chi connectivity index (χ0) is 21.8. The maximum atomic E-state index is 13.8. The van der Waals surface area contributed by atoms with Crippen LogP contribution in [0.15, 0.2) is 24.8 Å². The SMILES string of the molecule is C=C(NC(=O)C(CC)(CCC)CCC(C)C)c1ccc(C(F)(F)P)cc1C1CC1. The predicted octanol–water partition coefficient (Wildman–Crippen LogP) is 7.21. The van der Waals surface area contributed by atoms with Crippen molar-refractivity contribution in [3.05, 3.63) is 41.5 Å². The summed E-state index contributed by atoms with van der Waals surface area (Å²) in [7, 11) is 1.60. The van der Waals surface area contributed by atoms with Crippen molar-refractivity contribution in [1.82, 2.24) is 5.32 Å². The molecule has 162 valence electrons. The highest BCUT2D eigenvalue weighted by molar-refractivity contribution is 7.17. The molecule has 0 aromatic heterocycles. The van der Waals surface area contributed by atoms with Crippen LogP contribution < -0.4 is 5.32 Å². The zero-order valence-corrected chi connectivity index (χ0v) is 19.4. The van der Waals surface area contributed by atoms with Gasteiger partial charge in [0.2, 0.25) is 5.91 Å². The van der Waals surface area contributed by atoms with Gasteiger partial charge in [0.25, 0.3) is 5.66 Å². The lowest BCUT2D eigenvalue weighted by atomic mass is 9.74. The molecule has 2 unspecified atom stereocenters. The molecule has 2 nitrogen and oxygen atoms in total. The maximum absolute atomic E-state index is 13.8. The molecule has 29 heavy (non-hydrogen) atoms. The summed E-state index contributed by atoms with van der Waals surface area (Å²) < 4.78 is 27.5. The van der Waals surface area contributed by atoms with Crippen molar-refractivity contribution < 1.29 is 13.6 Å². The van der Waals surface area contributed by atoms with Gasteiger partial charge in [0, 0.05) is 22.2 Å². The van der Waals surface area contributed by atoms with Crippen LogP contribution in [0, 0.1) is 11.3 Å². The maximum Gasteiger partial charge on any atom is 0.283 e. The number of halogens is 2. The van der Waals surface area contributed by atoms with E-state index in [1.807, 2.05) is 0 Å². The quantitative estimate of drug-likeness (QED) is 0.374. The second-order valence-electron chi connectivity index (χ2n) is 8.95. The molecule has 2 rings (SSSR count). The number of alkyl halides is 2. The lowest BCUT2D eigenvalue weighted by molar-refractivity contribution is -0.131. The average Bonchev–Trinajstić information content (AvgIpc) is 3.48. The predicted molar refractivity (Wildman–Crippen MR) is 121 cm³/mol. The fourth-order valence-corrected chi connectivity index (χ4v) is 4.20. The van der Waals surface area contributed by atoms with Crippen molar-refractivity contribution in [2.24, 2.45) is 11.3 Å². The third-order valence-corrected chi connectivity index (χ3v) is 6.46. The Hall–Kier alpha value is -1.28. The first-order valence-corrected chi connectivity index (χ1v) is 11.4. The lowest BCUT2D eigenvalue weighted by Gasteiger charge is -2.32. The summed E-state index contributed by atoms with van der Waals surface area (Å²) in [5.74, 6) is 0.824. The molecule has 1 saturated carbocycles. The monoisotopic (exact) mass is 423 g/mol. The molecular weight excluding hydrogens is 387 g/mol. The fourth-order valence-electron chi connectivity index (χ4n) is 4.02. The second kappa shape index (κ2) is 9.69. The molecule has 1 aromatic rings. The van der Waals surface area contributed by atoms with E-state index in [4.69, 9.17) is 0 Å². The third kappa shape index (κ3) is 6.10. The Morgan fingerprint density at radius 2 is 1.93 bits per heavy atom. The van der Waals surface area contributed by atoms with Gasteiger partial charge in [-0.25, -0.2) is 0 Å². The van der Waals surface area contributed by atoms with Gasteiger partial charge < -0.3 is 5.32 Å². The van der Waals surface area contributed by atoms with Gasteiger partial charge in [-0.1, -0.05) is 62.1 Å². The molecule has 0 bridgehead atoms. The van der Waals surface area contributed by atoms with Crippen molar-refractivity contribution in [1.29, 1.82) is 0 Å². The van der Waals surface area contributed by atoms with Crippen LogP contribution in [0.4, 0.5) is 8.78 Å². The molecule has 5 heteroatoms. The van der Waals surface area contributed by atoms with Crippen LogP contribution in [0.2, 0.25) is 0 Å². The van der Waals surface area contributed by atoms with Crippen molar-refractivity contribution in [3.8, 4) is 0 Å². The number of carbonyl (C=O) groups excluding carboxylic acids is 1. The van der Waals surface area contributed by atoms with Gasteiger partial charge >= 0.3 is 0 Å². The van der Waals surface area contributed by atoms with Gasteiger partial charge in [0.05, 0.1) is 0 Å². The molecule has 1 N–H and O–H groups in total. The van der Waals surface area contributed by atoms with Crippen molar-refractivity contribution in [2.45, 2.75) is 84.2 Å². The van der Waals surface area contributed by atoms with E-state index < -0.39 is 11.1 Å². The van der Waals surface area contributed by atoms with E-state index in [1.54, 1.807) is 21.4 Å². The van der Waals surface area contributed by atoms with Gasteiger partial charge in [-0.2, -0.15) is 8.78 Å². The van der Waals surface area contributed by atoms with Crippen molar-refractivity contribution in [3.63, 3.8) is 0 Å². The number of hydrogen-bond acceptors (Lipinski definition) is 1. The van der Waals surface area contributed by atoms with E-state index in [1.165, 1.54) is 6.07 Å². The van der Waals surface area contributed by atoms with E-state index >= 15 is 0 Å². The van der Waals surface area contributed by atoms with Gasteiger partial charge in [-0.05, 0) is 62.0 Å². The van der Waals surface area contributed by atoms with Crippen LogP contribution in [-0.2, 0) is 10.5 Å². The van der Waals surface area contributed by atoms with Crippen LogP contribution in [0.3, 0.4) is 0 Å². The minimum absolute atomic E-state index is 0.00898. The Balaban J connectivity index is 2.26. The molecule has 1 aromatic carbocycles. The number of carbonyl (C=O) groups is 1. The summed E-state index contributed by atoms with van der Waals surface area (Å²) in [6.07, 6.45) is 6.38. The molecule has 0 aliphatic heterocycles. The highest BCUT2D eigenvalue weighted by Gasteiger charge is 2.37. The average molecular weight is 424 g/mol. The van der Waals surface area contributed by atoms with E-state index in [2.05, 4.69) is 39.6 Å². The minimum atomic E-state index is -2.96. The highest BCUT2D eigenvalue weighted by atomic mass is 31.0. The third-order valence-electron chi connectivity index (χ3n) is 6.13.